The minimum absolute atomic E-state index is 0.226. The molecule has 0 aliphatic carbocycles. The maximum atomic E-state index is 12.3. The van der Waals surface area contributed by atoms with Gasteiger partial charge in [0.05, 0.1) is 29.3 Å². The first-order valence-corrected chi connectivity index (χ1v) is 10.2. The monoisotopic (exact) mass is 446 g/mol. The number of carbonyl (C=O) groups excluding carboxylic acids is 2. The molecule has 0 bridgehead atoms. The van der Waals surface area contributed by atoms with Gasteiger partial charge in [-0.05, 0) is 54.6 Å². The van der Waals surface area contributed by atoms with E-state index in [1.165, 1.54) is 18.9 Å². The van der Waals surface area contributed by atoms with Crippen LogP contribution < -0.4 is 14.8 Å². The summed E-state index contributed by atoms with van der Waals surface area (Å²) in [6.07, 6.45) is 1.68. The predicted octanol–water partition coefficient (Wildman–Crippen LogP) is 4.18. The van der Waals surface area contributed by atoms with E-state index in [0.29, 0.717) is 21.4 Å². The van der Waals surface area contributed by atoms with E-state index in [0.717, 1.165) is 5.69 Å². The molecule has 156 valence electrons. The van der Waals surface area contributed by atoms with Crippen molar-refractivity contribution in [3.63, 3.8) is 0 Å². The highest BCUT2D eigenvalue weighted by Crippen LogP contribution is 2.38. The number of carbonyl (C=O) groups is 2. The predicted molar refractivity (Wildman–Crippen MR) is 117 cm³/mol. The summed E-state index contributed by atoms with van der Waals surface area (Å²) < 4.78 is 15.6. The Morgan fingerprint density at radius 2 is 2.03 bits per heavy atom. The quantitative estimate of drug-likeness (QED) is 0.507. The van der Waals surface area contributed by atoms with Gasteiger partial charge in [-0.25, -0.2) is 9.79 Å². The fourth-order valence-corrected chi connectivity index (χ4v) is 3.66. The van der Waals surface area contributed by atoms with Crippen LogP contribution in [0.15, 0.2) is 52.4 Å². The fraction of sp³-hybridized carbons (Fsp3) is 0.190. The molecule has 0 saturated carbocycles. The zero-order chi connectivity index (χ0) is 21.5. The van der Waals surface area contributed by atoms with Gasteiger partial charge in [-0.1, -0.05) is 29.8 Å². The molecule has 0 atom stereocenters. The zero-order valence-corrected chi connectivity index (χ0v) is 17.9. The number of ether oxygens (including phenoxy) is 3. The van der Waals surface area contributed by atoms with Crippen molar-refractivity contribution in [3.8, 4) is 11.5 Å². The molecule has 2 aromatic rings. The number of rotatable bonds is 7. The van der Waals surface area contributed by atoms with Gasteiger partial charge in [0.25, 0.3) is 5.91 Å². The largest absolute Gasteiger partial charge is 0.493 e. The highest BCUT2D eigenvalue weighted by atomic mass is 35.5. The maximum absolute atomic E-state index is 12.3. The number of thioether (sulfide) groups is 1. The Bertz CT molecular complexity index is 1010. The van der Waals surface area contributed by atoms with Gasteiger partial charge in [0, 0.05) is 0 Å². The van der Waals surface area contributed by atoms with Crippen molar-refractivity contribution in [2.45, 2.75) is 6.92 Å². The molecule has 1 saturated heterocycles. The molecule has 9 heteroatoms. The minimum Gasteiger partial charge on any atom is -0.493 e. The van der Waals surface area contributed by atoms with E-state index < -0.39 is 5.97 Å². The molecule has 0 aromatic heterocycles. The summed E-state index contributed by atoms with van der Waals surface area (Å²) in [5, 5.41) is 3.47. The third-order valence-corrected chi connectivity index (χ3v) is 5.02. The summed E-state index contributed by atoms with van der Waals surface area (Å²) in [5.41, 5.74) is 1.38. The number of esters is 1. The highest BCUT2D eigenvalue weighted by Gasteiger charge is 2.24. The van der Waals surface area contributed by atoms with Gasteiger partial charge in [-0.2, -0.15) is 0 Å². The number of para-hydroxylation sites is 1. The van der Waals surface area contributed by atoms with Crippen molar-refractivity contribution < 1.29 is 23.8 Å². The molecule has 0 unspecified atom stereocenters. The molecule has 30 heavy (non-hydrogen) atoms. The van der Waals surface area contributed by atoms with Crippen molar-refractivity contribution >= 4 is 52.2 Å². The van der Waals surface area contributed by atoms with Crippen LogP contribution in [-0.4, -0.2) is 37.4 Å². The van der Waals surface area contributed by atoms with Crippen LogP contribution in [0.4, 0.5) is 5.69 Å². The molecule has 1 aliphatic rings. The Labute approximate surface area is 183 Å². The number of halogens is 1. The first-order chi connectivity index (χ1) is 14.5. The number of nitrogens with one attached hydrogen (secondary N) is 1. The van der Waals surface area contributed by atoms with Crippen LogP contribution in [-0.2, 0) is 14.3 Å². The highest BCUT2D eigenvalue weighted by molar-refractivity contribution is 8.18. The van der Waals surface area contributed by atoms with E-state index in [9.17, 15) is 9.59 Å². The zero-order valence-electron chi connectivity index (χ0n) is 16.3. The lowest BCUT2D eigenvalue weighted by Crippen LogP contribution is -2.19. The normalized spacial score (nSPS) is 15.9. The molecule has 2 aromatic carbocycles. The molecular weight excluding hydrogens is 428 g/mol. The maximum Gasteiger partial charge on any atom is 0.344 e. The number of amides is 1. The second-order valence-corrected chi connectivity index (χ2v) is 7.38. The third kappa shape index (κ3) is 5.55. The SMILES string of the molecule is CCOC(=O)COc1c(Cl)cc(/C=C2/SC(=Nc3ccccc3)NC2=O)cc1OC. The lowest BCUT2D eigenvalue weighted by Gasteiger charge is -2.13. The number of nitrogens with zero attached hydrogens (tertiary/aromatic N) is 1. The van der Waals surface area contributed by atoms with Gasteiger partial charge in [0.1, 0.15) is 0 Å². The first-order valence-electron chi connectivity index (χ1n) is 9.00. The van der Waals surface area contributed by atoms with Gasteiger partial charge in [-0.3, -0.25) is 4.79 Å². The summed E-state index contributed by atoms with van der Waals surface area (Å²) in [6.45, 7) is 1.68. The van der Waals surface area contributed by atoms with Crippen LogP contribution in [0.25, 0.3) is 6.08 Å². The third-order valence-electron chi connectivity index (χ3n) is 3.83. The van der Waals surface area contributed by atoms with Crippen LogP contribution in [0.1, 0.15) is 12.5 Å². The summed E-state index contributed by atoms with van der Waals surface area (Å²) in [4.78, 5) is 28.7. The van der Waals surface area contributed by atoms with Crippen molar-refractivity contribution in [1.29, 1.82) is 0 Å². The Morgan fingerprint density at radius 3 is 2.73 bits per heavy atom. The Balaban J connectivity index is 1.79. The average molecular weight is 447 g/mol. The molecule has 0 spiro atoms. The smallest absolute Gasteiger partial charge is 0.344 e. The first kappa shape index (κ1) is 21.7. The van der Waals surface area contributed by atoms with Gasteiger partial charge in [-0.15, -0.1) is 0 Å². The van der Waals surface area contributed by atoms with E-state index in [-0.39, 0.29) is 29.9 Å². The van der Waals surface area contributed by atoms with E-state index in [2.05, 4.69) is 10.3 Å². The lowest BCUT2D eigenvalue weighted by atomic mass is 10.2. The number of hydrogen-bond acceptors (Lipinski definition) is 7. The molecule has 3 rings (SSSR count). The number of aliphatic imine (C=N–C) groups is 1. The van der Waals surface area contributed by atoms with Crippen molar-refractivity contribution in [1.82, 2.24) is 5.32 Å². The lowest BCUT2D eigenvalue weighted by molar-refractivity contribution is -0.145. The molecular formula is C21H19ClN2O5S. The van der Waals surface area contributed by atoms with Gasteiger partial charge in [0.2, 0.25) is 0 Å². The van der Waals surface area contributed by atoms with E-state index in [1.54, 1.807) is 25.1 Å². The minimum atomic E-state index is -0.508. The summed E-state index contributed by atoms with van der Waals surface area (Å²) in [7, 11) is 1.46. The standard InChI is InChI=1S/C21H19ClN2O5S/c1-3-28-18(25)12-29-19-15(22)9-13(10-16(19)27-2)11-17-20(26)24-21(30-17)23-14-7-5-4-6-8-14/h4-11H,3,12H2,1-2H3,(H,23,24,26)/b17-11+. The molecule has 7 nitrogen and oxygen atoms in total. The van der Waals surface area contributed by atoms with E-state index in [4.69, 9.17) is 25.8 Å². The van der Waals surface area contributed by atoms with Gasteiger partial charge in [0.15, 0.2) is 23.3 Å². The van der Waals surface area contributed by atoms with Crippen LogP contribution >= 0.6 is 23.4 Å². The van der Waals surface area contributed by atoms with Crippen LogP contribution in [0, 0.1) is 0 Å². The summed E-state index contributed by atoms with van der Waals surface area (Å²) in [6, 6.07) is 12.6. The molecule has 1 aliphatic heterocycles. The Hall–Kier alpha value is -2.97. The Kier molecular flexibility index (Phi) is 7.37. The van der Waals surface area contributed by atoms with Crippen LogP contribution in [0.2, 0.25) is 5.02 Å². The topological polar surface area (TPSA) is 86.2 Å². The van der Waals surface area contributed by atoms with Crippen LogP contribution in [0.5, 0.6) is 11.5 Å². The summed E-state index contributed by atoms with van der Waals surface area (Å²) >= 11 is 7.54. The number of methoxy groups -OCH3 is 1. The second kappa shape index (κ2) is 10.2. The molecule has 0 radical (unpaired) electrons. The van der Waals surface area contributed by atoms with E-state index in [1.807, 2.05) is 30.3 Å². The molecule has 1 N–H and O–H groups in total. The van der Waals surface area contributed by atoms with Crippen LogP contribution in [0.3, 0.4) is 0 Å². The molecule has 1 heterocycles. The van der Waals surface area contributed by atoms with Crippen molar-refractivity contribution in [2.24, 2.45) is 4.99 Å². The molecule has 1 amide bonds. The summed E-state index contributed by atoms with van der Waals surface area (Å²) in [5.74, 6) is -0.206. The average Bonchev–Trinajstić information content (AvgIpc) is 3.06. The number of amidine groups is 1. The number of hydrogen-bond donors (Lipinski definition) is 1. The van der Waals surface area contributed by atoms with Crippen molar-refractivity contribution in [2.75, 3.05) is 20.3 Å². The molecule has 1 fully saturated rings. The Morgan fingerprint density at radius 1 is 1.27 bits per heavy atom. The van der Waals surface area contributed by atoms with Gasteiger partial charge < -0.3 is 19.5 Å². The van der Waals surface area contributed by atoms with Crippen molar-refractivity contribution in [3.05, 3.63) is 58.0 Å². The fourth-order valence-electron chi connectivity index (χ4n) is 2.55. The second-order valence-electron chi connectivity index (χ2n) is 5.95. The van der Waals surface area contributed by atoms with E-state index >= 15 is 0 Å². The number of benzene rings is 2. The van der Waals surface area contributed by atoms with Gasteiger partial charge >= 0.3 is 5.97 Å².